The molecule has 0 radical (unpaired) electrons. The second-order valence-corrected chi connectivity index (χ2v) is 12.3. The highest BCUT2D eigenvalue weighted by Gasteiger charge is 2.25. The van der Waals surface area contributed by atoms with Crippen molar-refractivity contribution < 1.29 is 13.3 Å². The Labute approximate surface area is 272 Å². The zero-order valence-corrected chi connectivity index (χ0v) is 25.5. The molecule has 4 aromatic heterocycles. The van der Waals surface area contributed by atoms with Gasteiger partial charge in [-0.2, -0.15) is 0 Å². The van der Waals surface area contributed by atoms with Crippen molar-refractivity contribution in [2.75, 3.05) is 0 Å². The molecule has 0 unspecified atom stereocenters. The van der Waals surface area contributed by atoms with Gasteiger partial charge in [0.05, 0.1) is 33.1 Å². The average molecular weight is 617 g/mol. The van der Waals surface area contributed by atoms with Crippen LogP contribution in [0.25, 0.3) is 105 Å². The minimum absolute atomic E-state index is 0.498. The van der Waals surface area contributed by atoms with Crippen LogP contribution in [0.4, 0.5) is 0 Å². The largest absolute Gasteiger partial charge is 0.456 e. The Bertz CT molecular complexity index is 3010. The third-order valence-corrected chi connectivity index (χ3v) is 9.65. The summed E-state index contributed by atoms with van der Waals surface area (Å²) in [6.07, 6.45) is 0. The molecule has 0 saturated heterocycles. The Balaban J connectivity index is 1.25. The van der Waals surface area contributed by atoms with Crippen molar-refractivity contribution in [2.45, 2.75) is 0 Å². The number of fused-ring (bicyclic) bond motifs is 11. The zero-order chi connectivity index (χ0) is 31.3. The van der Waals surface area contributed by atoms with E-state index in [0.29, 0.717) is 11.5 Å². The van der Waals surface area contributed by atoms with Crippen LogP contribution in [-0.4, -0.2) is 9.55 Å². The number of hydrogen-bond acceptors (Lipinski definition) is 4. The van der Waals surface area contributed by atoms with Crippen LogP contribution in [0.2, 0.25) is 0 Å². The molecule has 224 valence electrons. The highest BCUT2D eigenvalue weighted by molar-refractivity contribution is 6.21. The summed E-state index contributed by atoms with van der Waals surface area (Å²) in [7, 11) is 0. The van der Waals surface area contributed by atoms with Gasteiger partial charge in [-0.1, -0.05) is 103 Å². The SMILES string of the molecule is c1ccc(-c2cc3oc4ccccc4c3c3nc(-c4ccc(-n5c6ccccc6c6ccccc65)c5c4oc4ccccc45)oc23)cc1. The molecule has 11 rings (SSSR count). The number of para-hydroxylation sites is 4. The highest BCUT2D eigenvalue weighted by atomic mass is 16.4. The zero-order valence-electron chi connectivity index (χ0n) is 25.5. The first-order valence-corrected chi connectivity index (χ1v) is 16.1. The van der Waals surface area contributed by atoms with Crippen LogP contribution in [0.3, 0.4) is 0 Å². The number of rotatable bonds is 3. The number of benzene rings is 7. The maximum atomic E-state index is 6.82. The van der Waals surface area contributed by atoms with Crippen molar-refractivity contribution in [3.8, 4) is 28.3 Å². The normalized spacial score (nSPS) is 12.2. The Morgan fingerprint density at radius 1 is 0.438 bits per heavy atom. The van der Waals surface area contributed by atoms with Crippen molar-refractivity contribution in [1.29, 1.82) is 0 Å². The van der Waals surface area contributed by atoms with Crippen molar-refractivity contribution in [2.24, 2.45) is 0 Å². The summed E-state index contributed by atoms with van der Waals surface area (Å²) in [5, 5.41) is 6.42. The Hall–Kier alpha value is -6.59. The number of furan rings is 2. The van der Waals surface area contributed by atoms with E-state index < -0.39 is 0 Å². The quantitative estimate of drug-likeness (QED) is 0.198. The van der Waals surface area contributed by atoms with E-state index in [-0.39, 0.29) is 0 Å². The summed E-state index contributed by atoms with van der Waals surface area (Å²) in [4.78, 5) is 5.24. The summed E-state index contributed by atoms with van der Waals surface area (Å²) >= 11 is 0. The fourth-order valence-electron chi connectivity index (χ4n) is 7.57. The topological polar surface area (TPSA) is 57.2 Å². The predicted molar refractivity (Wildman–Crippen MR) is 194 cm³/mol. The van der Waals surface area contributed by atoms with Gasteiger partial charge >= 0.3 is 0 Å². The lowest BCUT2D eigenvalue weighted by Gasteiger charge is -2.11. The first-order valence-electron chi connectivity index (χ1n) is 16.1. The fraction of sp³-hybridized carbons (Fsp3) is 0. The summed E-state index contributed by atoms with van der Waals surface area (Å²) in [5.74, 6) is 0.498. The standard InChI is InChI=1S/C43H24N2O3/c1-2-12-25(13-3-1)31-24-37-39(29-17-7-10-20-35(29)46-37)40-42(31)48-43(44-40)30-22-23-34(38-28-16-6-11-21-36(28)47-41(30)38)45-32-18-8-4-14-26(32)27-15-5-9-19-33(27)45/h1-24H. The van der Waals surface area contributed by atoms with E-state index >= 15 is 0 Å². The van der Waals surface area contributed by atoms with Gasteiger partial charge in [0, 0.05) is 27.1 Å². The third kappa shape index (κ3) is 3.42. The molecule has 0 atom stereocenters. The van der Waals surface area contributed by atoms with Crippen LogP contribution in [0.5, 0.6) is 0 Å². The van der Waals surface area contributed by atoms with E-state index in [9.17, 15) is 0 Å². The van der Waals surface area contributed by atoms with Crippen LogP contribution < -0.4 is 0 Å². The molecule has 11 aromatic rings. The van der Waals surface area contributed by atoms with Gasteiger partial charge in [-0.05, 0) is 48.0 Å². The van der Waals surface area contributed by atoms with Crippen LogP contribution >= 0.6 is 0 Å². The van der Waals surface area contributed by atoms with E-state index in [1.54, 1.807) is 0 Å². The number of oxazole rings is 1. The molecule has 5 heteroatoms. The molecule has 0 amide bonds. The highest BCUT2D eigenvalue weighted by Crippen LogP contribution is 2.45. The maximum Gasteiger partial charge on any atom is 0.231 e. The van der Waals surface area contributed by atoms with E-state index in [0.717, 1.165) is 82.8 Å². The van der Waals surface area contributed by atoms with E-state index in [1.807, 2.05) is 48.5 Å². The molecule has 7 aromatic carbocycles. The second-order valence-electron chi connectivity index (χ2n) is 12.3. The summed E-state index contributed by atoms with van der Waals surface area (Å²) in [6, 6.07) is 50.1. The predicted octanol–water partition coefficient (Wildman–Crippen LogP) is 12.1. The molecule has 0 aliphatic heterocycles. The lowest BCUT2D eigenvalue weighted by molar-refractivity contribution is 0.615. The Morgan fingerprint density at radius 2 is 1.04 bits per heavy atom. The van der Waals surface area contributed by atoms with E-state index in [4.69, 9.17) is 18.2 Å². The molecule has 0 bridgehead atoms. The van der Waals surface area contributed by atoms with Gasteiger partial charge in [0.1, 0.15) is 27.8 Å². The summed E-state index contributed by atoms with van der Waals surface area (Å²) in [5.41, 5.74) is 10.7. The monoisotopic (exact) mass is 616 g/mol. The van der Waals surface area contributed by atoms with Gasteiger partial charge in [-0.3, -0.25) is 0 Å². The van der Waals surface area contributed by atoms with E-state index in [2.05, 4.69) is 102 Å². The molecule has 5 nitrogen and oxygen atoms in total. The molecule has 0 fully saturated rings. The first-order chi connectivity index (χ1) is 23.8. The Kier molecular flexibility index (Phi) is 5.05. The van der Waals surface area contributed by atoms with Crippen LogP contribution in [0.1, 0.15) is 0 Å². The van der Waals surface area contributed by atoms with Crippen LogP contribution in [0.15, 0.2) is 159 Å². The lowest BCUT2D eigenvalue weighted by atomic mass is 10.0. The number of hydrogen-bond donors (Lipinski definition) is 0. The van der Waals surface area contributed by atoms with Crippen molar-refractivity contribution in [3.63, 3.8) is 0 Å². The number of nitrogens with zero attached hydrogens (tertiary/aromatic N) is 2. The molecule has 48 heavy (non-hydrogen) atoms. The minimum atomic E-state index is 0.498. The van der Waals surface area contributed by atoms with Crippen LogP contribution in [0, 0.1) is 0 Å². The molecular formula is C43H24N2O3. The third-order valence-electron chi connectivity index (χ3n) is 9.65. The summed E-state index contributed by atoms with van der Waals surface area (Å²) < 4.78 is 22.3. The molecule has 0 aliphatic rings. The smallest absolute Gasteiger partial charge is 0.231 e. The fourth-order valence-corrected chi connectivity index (χ4v) is 7.57. The van der Waals surface area contributed by atoms with E-state index in [1.165, 1.54) is 10.8 Å². The van der Waals surface area contributed by atoms with Gasteiger partial charge in [0.15, 0.2) is 5.58 Å². The van der Waals surface area contributed by atoms with Crippen molar-refractivity contribution in [1.82, 2.24) is 9.55 Å². The lowest BCUT2D eigenvalue weighted by Crippen LogP contribution is -1.95. The van der Waals surface area contributed by atoms with Gasteiger partial charge in [-0.25, -0.2) is 4.98 Å². The minimum Gasteiger partial charge on any atom is -0.456 e. The van der Waals surface area contributed by atoms with Gasteiger partial charge in [0.2, 0.25) is 5.89 Å². The first kappa shape index (κ1) is 25.6. The van der Waals surface area contributed by atoms with Gasteiger partial charge in [0.25, 0.3) is 0 Å². The van der Waals surface area contributed by atoms with Crippen molar-refractivity contribution in [3.05, 3.63) is 146 Å². The average Bonchev–Trinajstić information content (AvgIpc) is 3.91. The Morgan fingerprint density at radius 3 is 1.77 bits per heavy atom. The number of aromatic nitrogens is 2. The van der Waals surface area contributed by atoms with Crippen LogP contribution in [-0.2, 0) is 0 Å². The molecule has 0 spiro atoms. The second kappa shape index (κ2) is 9.47. The maximum absolute atomic E-state index is 6.82. The molecule has 0 N–H and O–H groups in total. The molecule has 4 heterocycles. The van der Waals surface area contributed by atoms with Gasteiger partial charge < -0.3 is 17.8 Å². The molecule has 0 aliphatic carbocycles. The summed E-state index contributed by atoms with van der Waals surface area (Å²) in [6.45, 7) is 0. The molecule has 0 saturated carbocycles. The molecular weight excluding hydrogens is 592 g/mol. The van der Waals surface area contributed by atoms with Crippen molar-refractivity contribution >= 4 is 76.8 Å². The van der Waals surface area contributed by atoms with Gasteiger partial charge in [-0.15, -0.1) is 0 Å².